The maximum absolute atomic E-state index is 11.9. The number of hydrogen-bond acceptors (Lipinski definition) is 4. The summed E-state index contributed by atoms with van der Waals surface area (Å²) in [6, 6.07) is 0. The molecule has 0 aliphatic rings. The standard InChI is InChI=1S/C27H54O4/c1-3-5-7-9-11-13-15-17-19-21-23-30-26(24-28)25-31-27(29)22-20-18-16-14-12-10-8-6-4-2/h26,28H,3-25H2,1-2H3. The largest absolute Gasteiger partial charge is 0.463 e. The average molecular weight is 443 g/mol. The molecule has 4 heteroatoms. The molecule has 0 fully saturated rings. The average Bonchev–Trinajstić information content (AvgIpc) is 2.78. The van der Waals surface area contributed by atoms with E-state index < -0.39 is 0 Å². The van der Waals surface area contributed by atoms with Crippen LogP contribution in [0.25, 0.3) is 0 Å². The van der Waals surface area contributed by atoms with Gasteiger partial charge in [-0.2, -0.15) is 0 Å². The van der Waals surface area contributed by atoms with Gasteiger partial charge < -0.3 is 14.6 Å². The summed E-state index contributed by atoms with van der Waals surface area (Å²) in [7, 11) is 0. The van der Waals surface area contributed by atoms with E-state index in [2.05, 4.69) is 13.8 Å². The molecule has 31 heavy (non-hydrogen) atoms. The Kier molecular flexibility index (Phi) is 25.1. The number of carbonyl (C=O) groups is 1. The van der Waals surface area contributed by atoms with Crippen LogP contribution < -0.4 is 0 Å². The van der Waals surface area contributed by atoms with E-state index in [9.17, 15) is 9.90 Å². The molecule has 0 saturated carbocycles. The number of rotatable bonds is 25. The molecule has 0 amide bonds. The van der Waals surface area contributed by atoms with Crippen molar-refractivity contribution in [2.45, 2.75) is 148 Å². The molecule has 0 saturated heterocycles. The fourth-order valence-corrected chi connectivity index (χ4v) is 3.83. The second-order valence-electron chi connectivity index (χ2n) is 9.12. The molecule has 186 valence electrons. The van der Waals surface area contributed by atoms with Gasteiger partial charge in [0.2, 0.25) is 0 Å². The number of aliphatic hydroxyl groups is 1. The van der Waals surface area contributed by atoms with Crippen molar-refractivity contribution in [1.82, 2.24) is 0 Å². The van der Waals surface area contributed by atoms with Crippen molar-refractivity contribution in [3.8, 4) is 0 Å². The number of unbranched alkanes of at least 4 members (excludes halogenated alkanes) is 17. The van der Waals surface area contributed by atoms with Crippen molar-refractivity contribution in [2.75, 3.05) is 19.8 Å². The Hall–Kier alpha value is -0.610. The van der Waals surface area contributed by atoms with E-state index in [1.807, 2.05) is 0 Å². The maximum atomic E-state index is 11.9. The maximum Gasteiger partial charge on any atom is 0.305 e. The van der Waals surface area contributed by atoms with E-state index in [-0.39, 0.29) is 25.3 Å². The Bertz CT molecular complexity index is 359. The first-order valence-corrected chi connectivity index (χ1v) is 13.6. The summed E-state index contributed by atoms with van der Waals surface area (Å²) in [4.78, 5) is 11.9. The second-order valence-corrected chi connectivity index (χ2v) is 9.12. The summed E-state index contributed by atoms with van der Waals surface area (Å²) in [5, 5.41) is 9.43. The van der Waals surface area contributed by atoms with Crippen LogP contribution in [-0.2, 0) is 14.3 Å². The van der Waals surface area contributed by atoms with Gasteiger partial charge in [-0.1, -0.05) is 123 Å². The van der Waals surface area contributed by atoms with Gasteiger partial charge in [-0.05, 0) is 12.8 Å². The molecular formula is C27H54O4. The minimum atomic E-state index is -0.384. The second kappa shape index (κ2) is 25.6. The van der Waals surface area contributed by atoms with Crippen molar-refractivity contribution in [3.05, 3.63) is 0 Å². The Balaban J connectivity index is 3.44. The Morgan fingerprint density at radius 1 is 0.645 bits per heavy atom. The molecule has 0 spiro atoms. The van der Waals surface area contributed by atoms with E-state index in [0.717, 1.165) is 19.3 Å². The summed E-state index contributed by atoms with van der Waals surface area (Å²) in [5.74, 6) is -0.163. The SMILES string of the molecule is CCCCCCCCCCCCOC(CO)COC(=O)CCCCCCCCCCC. The smallest absolute Gasteiger partial charge is 0.305 e. The first-order chi connectivity index (χ1) is 15.2. The highest BCUT2D eigenvalue weighted by Gasteiger charge is 2.11. The fourth-order valence-electron chi connectivity index (χ4n) is 3.83. The van der Waals surface area contributed by atoms with E-state index >= 15 is 0 Å². The van der Waals surface area contributed by atoms with Crippen LogP contribution in [0.4, 0.5) is 0 Å². The molecule has 0 aromatic carbocycles. The summed E-state index contributed by atoms with van der Waals surface area (Å²) >= 11 is 0. The Morgan fingerprint density at radius 3 is 1.52 bits per heavy atom. The molecule has 0 radical (unpaired) electrons. The van der Waals surface area contributed by atoms with Gasteiger partial charge in [0.15, 0.2) is 0 Å². The van der Waals surface area contributed by atoms with Crippen LogP contribution in [0.2, 0.25) is 0 Å². The van der Waals surface area contributed by atoms with Gasteiger partial charge in [0, 0.05) is 13.0 Å². The highest BCUT2D eigenvalue weighted by Crippen LogP contribution is 2.12. The minimum absolute atomic E-state index is 0.0942. The molecule has 1 unspecified atom stereocenters. The molecular weight excluding hydrogens is 388 g/mol. The minimum Gasteiger partial charge on any atom is -0.463 e. The lowest BCUT2D eigenvalue weighted by Crippen LogP contribution is -2.26. The third kappa shape index (κ3) is 23.9. The summed E-state index contributed by atoms with van der Waals surface area (Å²) in [6.07, 6.45) is 24.2. The molecule has 0 bridgehead atoms. The normalized spacial score (nSPS) is 12.2. The molecule has 0 aliphatic carbocycles. The summed E-state index contributed by atoms with van der Waals surface area (Å²) in [5.41, 5.74) is 0. The molecule has 1 atom stereocenters. The fraction of sp³-hybridized carbons (Fsp3) is 0.963. The van der Waals surface area contributed by atoms with Crippen LogP contribution in [0.3, 0.4) is 0 Å². The van der Waals surface area contributed by atoms with Crippen LogP contribution in [0.15, 0.2) is 0 Å². The zero-order valence-electron chi connectivity index (χ0n) is 21.0. The third-order valence-electron chi connectivity index (χ3n) is 5.97. The number of aliphatic hydroxyl groups excluding tert-OH is 1. The predicted molar refractivity (Wildman–Crippen MR) is 131 cm³/mol. The molecule has 0 aliphatic heterocycles. The lowest BCUT2D eigenvalue weighted by molar-refractivity contribution is -0.149. The zero-order chi connectivity index (χ0) is 22.8. The molecule has 4 nitrogen and oxygen atoms in total. The number of hydrogen-bond donors (Lipinski definition) is 1. The highest BCUT2D eigenvalue weighted by atomic mass is 16.6. The van der Waals surface area contributed by atoms with Crippen LogP contribution in [-0.4, -0.2) is 37.0 Å². The Labute approximate surface area is 193 Å². The summed E-state index contributed by atoms with van der Waals surface area (Å²) in [6.45, 7) is 5.21. The van der Waals surface area contributed by atoms with Crippen molar-refractivity contribution >= 4 is 5.97 Å². The highest BCUT2D eigenvalue weighted by molar-refractivity contribution is 5.69. The zero-order valence-corrected chi connectivity index (χ0v) is 21.0. The molecule has 0 heterocycles. The van der Waals surface area contributed by atoms with E-state index in [0.29, 0.717) is 13.0 Å². The number of ether oxygens (including phenoxy) is 2. The van der Waals surface area contributed by atoms with Gasteiger partial charge in [-0.25, -0.2) is 0 Å². The molecule has 0 aromatic rings. The van der Waals surface area contributed by atoms with Crippen molar-refractivity contribution < 1.29 is 19.4 Å². The van der Waals surface area contributed by atoms with Crippen LogP contribution in [0, 0.1) is 0 Å². The summed E-state index contributed by atoms with van der Waals surface area (Å²) < 4.78 is 11.0. The van der Waals surface area contributed by atoms with E-state index in [1.165, 1.54) is 103 Å². The van der Waals surface area contributed by atoms with Crippen molar-refractivity contribution in [3.63, 3.8) is 0 Å². The van der Waals surface area contributed by atoms with E-state index in [1.54, 1.807) is 0 Å². The van der Waals surface area contributed by atoms with E-state index in [4.69, 9.17) is 9.47 Å². The number of carbonyl (C=O) groups excluding carboxylic acids is 1. The lowest BCUT2D eigenvalue weighted by atomic mass is 10.1. The number of esters is 1. The van der Waals surface area contributed by atoms with Gasteiger partial charge in [0.05, 0.1) is 6.61 Å². The molecule has 1 N–H and O–H groups in total. The first-order valence-electron chi connectivity index (χ1n) is 13.6. The molecule has 0 rings (SSSR count). The van der Waals surface area contributed by atoms with Crippen LogP contribution in [0.5, 0.6) is 0 Å². The van der Waals surface area contributed by atoms with Crippen LogP contribution in [0.1, 0.15) is 142 Å². The lowest BCUT2D eigenvalue weighted by Gasteiger charge is -2.15. The van der Waals surface area contributed by atoms with Gasteiger partial charge in [0.1, 0.15) is 12.7 Å². The molecule has 0 aromatic heterocycles. The first kappa shape index (κ1) is 30.4. The van der Waals surface area contributed by atoms with Gasteiger partial charge in [-0.15, -0.1) is 0 Å². The van der Waals surface area contributed by atoms with Crippen molar-refractivity contribution in [2.24, 2.45) is 0 Å². The Morgan fingerprint density at radius 2 is 1.06 bits per heavy atom. The van der Waals surface area contributed by atoms with Crippen molar-refractivity contribution in [1.29, 1.82) is 0 Å². The topological polar surface area (TPSA) is 55.8 Å². The van der Waals surface area contributed by atoms with Gasteiger partial charge >= 0.3 is 5.97 Å². The monoisotopic (exact) mass is 442 g/mol. The van der Waals surface area contributed by atoms with Crippen LogP contribution >= 0.6 is 0 Å². The van der Waals surface area contributed by atoms with Gasteiger partial charge in [0.25, 0.3) is 0 Å². The van der Waals surface area contributed by atoms with Gasteiger partial charge in [-0.3, -0.25) is 4.79 Å². The third-order valence-corrected chi connectivity index (χ3v) is 5.97. The quantitative estimate of drug-likeness (QED) is 0.116. The predicted octanol–water partition coefficient (Wildman–Crippen LogP) is 7.75.